The van der Waals surface area contributed by atoms with Gasteiger partial charge in [0, 0.05) is 6.20 Å². The minimum atomic E-state index is 0.314. The number of rotatable bonds is 3. The van der Waals surface area contributed by atoms with Gasteiger partial charge in [0.25, 0.3) is 0 Å². The van der Waals surface area contributed by atoms with Gasteiger partial charge < -0.3 is 4.74 Å². The lowest BCUT2D eigenvalue weighted by Crippen LogP contribution is -2.02. The fourth-order valence-corrected chi connectivity index (χ4v) is 2.31. The number of nitriles is 1. The molecule has 0 atom stereocenters. The van der Waals surface area contributed by atoms with Crippen LogP contribution in [0.3, 0.4) is 0 Å². The summed E-state index contributed by atoms with van der Waals surface area (Å²) in [5.74, 6) is 1.51. The molecule has 114 valence electrons. The number of nitrogens with zero attached hydrogens (tertiary/aromatic N) is 5. The zero-order valence-electron chi connectivity index (χ0n) is 12.5. The van der Waals surface area contributed by atoms with Crippen LogP contribution < -0.4 is 4.74 Å². The van der Waals surface area contributed by atoms with E-state index in [-0.39, 0.29) is 0 Å². The summed E-state index contributed by atoms with van der Waals surface area (Å²) in [5.41, 5.74) is 1.58. The molecule has 0 amide bonds. The highest BCUT2D eigenvalue weighted by atomic mass is 16.5. The van der Waals surface area contributed by atoms with Gasteiger partial charge in [-0.15, -0.1) is 5.10 Å². The summed E-state index contributed by atoms with van der Waals surface area (Å²) >= 11 is 0. The van der Waals surface area contributed by atoms with Crippen molar-refractivity contribution in [2.45, 2.75) is 0 Å². The van der Waals surface area contributed by atoms with Crippen LogP contribution in [-0.4, -0.2) is 19.6 Å². The standard InChI is InChI=1S/C18H11N5O/c19-12-13-6-4-9-15(20-13)17-21-18(16-10-5-11-23(16)22-17)24-14-7-2-1-3-8-14/h1-11H. The summed E-state index contributed by atoms with van der Waals surface area (Å²) in [6, 6.07) is 20.3. The van der Waals surface area contributed by atoms with Gasteiger partial charge in [0.15, 0.2) is 0 Å². The lowest BCUT2D eigenvalue weighted by Gasteiger charge is -2.08. The Balaban J connectivity index is 1.84. The van der Waals surface area contributed by atoms with E-state index in [1.165, 1.54) is 0 Å². The van der Waals surface area contributed by atoms with Crippen LogP contribution in [0.4, 0.5) is 0 Å². The van der Waals surface area contributed by atoms with E-state index < -0.39 is 0 Å². The molecule has 1 aromatic carbocycles. The van der Waals surface area contributed by atoms with Gasteiger partial charge >= 0.3 is 0 Å². The highest BCUT2D eigenvalue weighted by Crippen LogP contribution is 2.26. The van der Waals surface area contributed by atoms with Crippen LogP contribution in [0.15, 0.2) is 66.9 Å². The van der Waals surface area contributed by atoms with E-state index in [0.29, 0.717) is 28.8 Å². The molecule has 24 heavy (non-hydrogen) atoms. The third-order valence-electron chi connectivity index (χ3n) is 3.41. The lowest BCUT2D eigenvalue weighted by atomic mass is 10.3. The van der Waals surface area contributed by atoms with Gasteiger partial charge in [-0.3, -0.25) is 0 Å². The molecule has 3 aromatic heterocycles. The van der Waals surface area contributed by atoms with E-state index in [4.69, 9.17) is 10.00 Å². The van der Waals surface area contributed by atoms with E-state index in [1.807, 2.05) is 54.7 Å². The second kappa shape index (κ2) is 5.82. The molecule has 6 heteroatoms. The first-order valence-electron chi connectivity index (χ1n) is 7.29. The van der Waals surface area contributed by atoms with Gasteiger partial charge in [0.05, 0.1) is 0 Å². The summed E-state index contributed by atoms with van der Waals surface area (Å²) in [6.45, 7) is 0. The number of hydrogen-bond acceptors (Lipinski definition) is 5. The molecule has 0 saturated carbocycles. The van der Waals surface area contributed by atoms with Crippen molar-refractivity contribution < 1.29 is 4.74 Å². The van der Waals surface area contributed by atoms with E-state index in [1.54, 1.807) is 22.7 Å². The molecule has 4 aromatic rings. The van der Waals surface area contributed by atoms with Crippen molar-refractivity contribution in [2.75, 3.05) is 0 Å². The summed E-state index contributed by atoms with van der Waals surface area (Å²) < 4.78 is 7.59. The Kier molecular flexibility index (Phi) is 3.37. The Hall–Kier alpha value is -3.72. The molecule has 0 radical (unpaired) electrons. The quantitative estimate of drug-likeness (QED) is 0.579. The predicted octanol–water partition coefficient (Wildman–Crippen LogP) is 3.46. The van der Waals surface area contributed by atoms with Crippen LogP contribution in [0.2, 0.25) is 0 Å². The van der Waals surface area contributed by atoms with Crippen molar-refractivity contribution in [1.82, 2.24) is 19.6 Å². The third kappa shape index (κ3) is 2.55. The van der Waals surface area contributed by atoms with Crippen LogP contribution >= 0.6 is 0 Å². The van der Waals surface area contributed by atoms with E-state index in [9.17, 15) is 0 Å². The van der Waals surface area contributed by atoms with Crippen LogP contribution in [-0.2, 0) is 0 Å². The maximum atomic E-state index is 9.01. The molecule has 0 aliphatic carbocycles. The normalized spacial score (nSPS) is 10.5. The molecule has 3 heterocycles. The molecule has 0 fully saturated rings. The minimum absolute atomic E-state index is 0.314. The average Bonchev–Trinajstić information content (AvgIpc) is 3.11. The van der Waals surface area contributed by atoms with Crippen molar-refractivity contribution in [1.29, 1.82) is 5.26 Å². The summed E-state index contributed by atoms with van der Waals surface area (Å²) in [5, 5.41) is 13.5. The van der Waals surface area contributed by atoms with Gasteiger partial charge in [0.2, 0.25) is 11.7 Å². The monoisotopic (exact) mass is 313 g/mol. The van der Waals surface area contributed by atoms with Crippen LogP contribution in [0.25, 0.3) is 17.0 Å². The Labute approximate surface area is 137 Å². The second-order valence-electron chi connectivity index (χ2n) is 5.01. The topological polar surface area (TPSA) is 76.1 Å². The SMILES string of the molecule is N#Cc1cccc(-c2nc(Oc3ccccc3)c3cccn3n2)n1. The fourth-order valence-electron chi connectivity index (χ4n) is 2.31. The van der Waals surface area contributed by atoms with E-state index in [2.05, 4.69) is 15.1 Å². The van der Waals surface area contributed by atoms with Crippen molar-refractivity contribution in [3.05, 3.63) is 72.6 Å². The van der Waals surface area contributed by atoms with Crippen molar-refractivity contribution in [2.24, 2.45) is 0 Å². The smallest absolute Gasteiger partial charge is 0.247 e. The Morgan fingerprint density at radius 1 is 0.917 bits per heavy atom. The zero-order chi connectivity index (χ0) is 16.4. The molecule has 0 spiro atoms. The molecule has 0 bridgehead atoms. The molecule has 0 unspecified atom stereocenters. The number of para-hydroxylation sites is 1. The molecule has 0 aliphatic rings. The maximum Gasteiger partial charge on any atom is 0.247 e. The van der Waals surface area contributed by atoms with Crippen LogP contribution in [0.5, 0.6) is 11.6 Å². The van der Waals surface area contributed by atoms with Gasteiger partial charge in [-0.2, -0.15) is 10.2 Å². The second-order valence-corrected chi connectivity index (χ2v) is 5.01. The van der Waals surface area contributed by atoms with Crippen LogP contribution in [0, 0.1) is 11.3 Å². The van der Waals surface area contributed by atoms with Gasteiger partial charge in [0.1, 0.15) is 28.7 Å². The summed E-state index contributed by atoms with van der Waals surface area (Å²) in [7, 11) is 0. The third-order valence-corrected chi connectivity index (χ3v) is 3.41. The van der Waals surface area contributed by atoms with Crippen LogP contribution in [0.1, 0.15) is 5.69 Å². The number of aromatic nitrogens is 4. The molecule has 0 saturated heterocycles. The Morgan fingerprint density at radius 3 is 2.62 bits per heavy atom. The summed E-state index contributed by atoms with van der Waals surface area (Å²) in [6.07, 6.45) is 1.81. The van der Waals surface area contributed by atoms with Gasteiger partial charge in [-0.25, -0.2) is 9.50 Å². The number of hydrogen-bond donors (Lipinski definition) is 0. The molecular formula is C18H11N5O. The fraction of sp³-hybridized carbons (Fsp3) is 0. The highest BCUT2D eigenvalue weighted by Gasteiger charge is 2.12. The highest BCUT2D eigenvalue weighted by molar-refractivity contribution is 5.61. The van der Waals surface area contributed by atoms with Crippen molar-refractivity contribution >= 4 is 5.52 Å². The van der Waals surface area contributed by atoms with E-state index in [0.717, 1.165) is 5.52 Å². The number of benzene rings is 1. The first-order chi connectivity index (χ1) is 11.8. The van der Waals surface area contributed by atoms with Crippen molar-refractivity contribution in [3.63, 3.8) is 0 Å². The lowest BCUT2D eigenvalue weighted by molar-refractivity contribution is 0.464. The molecular weight excluding hydrogens is 302 g/mol. The first kappa shape index (κ1) is 13.9. The zero-order valence-corrected chi connectivity index (χ0v) is 12.5. The maximum absolute atomic E-state index is 9.01. The molecule has 0 N–H and O–H groups in total. The number of ether oxygens (including phenoxy) is 1. The van der Waals surface area contributed by atoms with Gasteiger partial charge in [-0.05, 0) is 36.4 Å². The molecule has 6 nitrogen and oxygen atoms in total. The summed E-state index contributed by atoms with van der Waals surface area (Å²) in [4.78, 5) is 8.73. The minimum Gasteiger partial charge on any atom is -0.437 e. The molecule has 4 rings (SSSR count). The Morgan fingerprint density at radius 2 is 1.79 bits per heavy atom. The van der Waals surface area contributed by atoms with Gasteiger partial charge in [-0.1, -0.05) is 24.3 Å². The van der Waals surface area contributed by atoms with Crippen molar-refractivity contribution in [3.8, 4) is 29.2 Å². The average molecular weight is 313 g/mol. The predicted molar refractivity (Wildman–Crippen MR) is 87.4 cm³/mol. The molecule has 0 aliphatic heterocycles. The van der Waals surface area contributed by atoms with E-state index >= 15 is 0 Å². The first-order valence-corrected chi connectivity index (χ1v) is 7.29. The number of pyridine rings is 1. The number of fused-ring (bicyclic) bond motifs is 1. The largest absolute Gasteiger partial charge is 0.437 e. The Bertz CT molecular complexity index is 1050.